The maximum atomic E-state index is 13.5. The molecule has 15 heteroatoms. The van der Waals surface area contributed by atoms with E-state index in [1.165, 1.54) is 15.8 Å². The van der Waals surface area contributed by atoms with E-state index in [0.29, 0.717) is 19.3 Å². The van der Waals surface area contributed by atoms with Crippen LogP contribution in [0.3, 0.4) is 0 Å². The van der Waals surface area contributed by atoms with E-state index in [2.05, 4.69) is 25.6 Å². The molecule has 0 unspecified atom stereocenters. The van der Waals surface area contributed by atoms with Crippen LogP contribution in [0.15, 0.2) is 41.5 Å². The summed E-state index contributed by atoms with van der Waals surface area (Å²) in [6, 6.07) is 7.89. The van der Waals surface area contributed by atoms with Gasteiger partial charge in [-0.2, -0.15) is 4.98 Å². The highest BCUT2D eigenvalue weighted by atomic mass is 16.6. The number of benzene rings is 1. The quantitative estimate of drug-likeness (QED) is 0.290. The van der Waals surface area contributed by atoms with Gasteiger partial charge in [0.15, 0.2) is 11.2 Å². The van der Waals surface area contributed by atoms with Crippen molar-refractivity contribution in [2.45, 2.75) is 70.9 Å². The number of fused-ring (bicyclic) bond motifs is 1. The maximum absolute atomic E-state index is 13.5. The molecule has 4 rings (SSSR count). The highest BCUT2D eigenvalue weighted by molar-refractivity contribution is 5.85. The predicted octanol–water partition coefficient (Wildman–Crippen LogP) is 2.23. The topological polar surface area (TPSA) is 198 Å². The molecule has 0 radical (unpaired) electrons. The number of carbonyl (C=O) groups excluding carboxylic acids is 3. The van der Waals surface area contributed by atoms with Gasteiger partial charge in [-0.3, -0.25) is 24.7 Å². The zero-order valence-electron chi connectivity index (χ0n) is 23.5. The van der Waals surface area contributed by atoms with Crippen LogP contribution < -0.4 is 16.2 Å². The van der Waals surface area contributed by atoms with Crippen molar-refractivity contribution in [3.63, 3.8) is 0 Å². The number of imidazole rings is 1. The Hall–Kier alpha value is -4.95. The van der Waals surface area contributed by atoms with Gasteiger partial charge in [-0.25, -0.2) is 14.6 Å². The molecule has 1 aromatic carbocycles. The van der Waals surface area contributed by atoms with Crippen LogP contribution in [-0.4, -0.2) is 77.8 Å². The van der Waals surface area contributed by atoms with Gasteiger partial charge in [-0.1, -0.05) is 30.3 Å². The molecule has 0 spiro atoms. The van der Waals surface area contributed by atoms with E-state index in [0.717, 1.165) is 5.56 Å². The monoisotopic (exact) mass is 583 g/mol. The van der Waals surface area contributed by atoms with E-state index in [-0.39, 0.29) is 23.7 Å². The third-order valence-electron chi connectivity index (χ3n) is 6.42. The van der Waals surface area contributed by atoms with Crippen molar-refractivity contribution in [2.24, 2.45) is 0 Å². The minimum Gasteiger partial charge on any atom is -0.480 e. The Morgan fingerprint density at radius 1 is 1.14 bits per heavy atom. The first kappa shape index (κ1) is 30.0. The number of amides is 3. The Balaban J connectivity index is 1.49. The molecule has 4 N–H and O–H groups in total. The van der Waals surface area contributed by atoms with Gasteiger partial charge in [0.25, 0.3) is 5.56 Å². The number of aromatic amines is 1. The van der Waals surface area contributed by atoms with Gasteiger partial charge in [0.2, 0.25) is 11.9 Å². The summed E-state index contributed by atoms with van der Waals surface area (Å²) in [6.45, 7) is 4.17. The summed E-state index contributed by atoms with van der Waals surface area (Å²) in [5.41, 5.74) is -0.715. The number of ether oxygens (including phenoxy) is 2. The van der Waals surface area contributed by atoms with Gasteiger partial charge < -0.3 is 29.4 Å². The molecule has 2 aromatic heterocycles. The Labute approximate surface area is 240 Å². The van der Waals surface area contributed by atoms with E-state index >= 15 is 0 Å². The first-order chi connectivity index (χ1) is 19.9. The molecular formula is C27H33N7O8. The molecule has 1 aliphatic rings. The second kappa shape index (κ2) is 12.7. The molecule has 1 saturated carbocycles. The van der Waals surface area contributed by atoms with Crippen molar-refractivity contribution >= 4 is 41.2 Å². The number of nitrogens with zero attached hydrogens (tertiary/aromatic N) is 4. The number of hydrogen-bond acceptors (Lipinski definition) is 9. The van der Waals surface area contributed by atoms with Gasteiger partial charge in [0, 0.05) is 0 Å². The van der Waals surface area contributed by atoms with Crippen LogP contribution in [0.1, 0.15) is 45.6 Å². The second-order valence-electron chi connectivity index (χ2n) is 10.8. The Bertz CT molecular complexity index is 1510. The molecule has 2 heterocycles. The van der Waals surface area contributed by atoms with Crippen LogP contribution in [-0.2, 0) is 32.2 Å². The largest absolute Gasteiger partial charge is 0.480 e. The van der Waals surface area contributed by atoms with Gasteiger partial charge in [-0.15, -0.1) is 0 Å². The summed E-state index contributed by atoms with van der Waals surface area (Å²) >= 11 is 0. The van der Waals surface area contributed by atoms with Crippen LogP contribution in [0.5, 0.6) is 0 Å². The zero-order valence-corrected chi connectivity index (χ0v) is 23.5. The number of aromatic nitrogens is 4. The molecule has 1 fully saturated rings. The lowest BCUT2D eigenvalue weighted by molar-refractivity contribution is -0.146. The number of H-pyrrole nitrogens is 1. The summed E-state index contributed by atoms with van der Waals surface area (Å²) in [6.07, 6.45) is 1.38. The first-order valence-electron chi connectivity index (χ1n) is 13.3. The van der Waals surface area contributed by atoms with Crippen LogP contribution >= 0.6 is 0 Å². The van der Waals surface area contributed by atoms with Gasteiger partial charge in [0.05, 0.1) is 18.4 Å². The van der Waals surface area contributed by atoms with Crippen LogP contribution in [0.25, 0.3) is 11.2 Å². The number of nitrogens with one attached hydrogen (secondary N) is 3. The predicted molar refractivity (Wildman–Crippen MR) is 149 cm³/mol. The van der Waals surface area contributed by atoms with Crippen molar-refractivity contribution < 1.29 is 33.8 Å². The minimum absolute atomic E-state index is 0.00403. The van der Waals surface area contributed by atoms with E-state index in [4.69, 9.17) is 9.47 Å². The number of aliphatic carboxylic acids is 1. The number of anilines is 1. The summed E-state index contributed by atoms with van der Waals surface area (Å²) in [5.74, 6) is -2.03. The van der Waals surface area contributed by atoms with Crippen molar-refractivity contribution in [2.75, 3.05) is 11.9 Å². The van der Waals surface area contributed by atoms with E-state index < -0.39 is 60.4 Å². The van der Waals surface area contributed by atoms with Crippen molar-refractivity contribution in [3.05, 3.63) is 52.6 Å². The molecule has 1 aliphatic carbocycles. The molecule has 3 aromatic rings. The van der Waals surface area contributed by atoms with Gasteiger partial charge >= 0.3 is 18.2 Å². The second-order valence-corrected chi connectivity index (χ2v) is 10.8. The fourth-order valence-corrected chi connectivity index (χ4v) is 4.70. The van der Waals surface area contributed by atoms with Crippen molar-refractivity contribution in [1.29, 1.82) is 0 Å². The molecule has 2 atom stereocenters. The number of rotatable bonds is 9. The number of carboxylic acid groups (broad SMARTS) is 1. The molecular weight excluding hydrogens is 550 g/mol. The lowest BCUT2D eigenvalue weighted by atomic mass is 10.1. The summed E-state index contributed by atoms with van der Waals surface area (Å²) in [5, 5.41) is 14.7. The molecule has 42 heavy (non-hydrogen) atoms. The lowest BCUT2D eigenvalue weighted by Gasteiger charge is -2.33. The fourth-order valence-electron chi connectivity index (χ4n) is 4.70. The molecule has 224 valence electrons. The van der Waals surface area contributed by atoms with Crippen molar-refractivity contribution in [1.82, 2.24) is 29.7 Å². The summed E-state index contributed by atoms with van der Waals surface area (Å²) in [7, 11) is 0. The van der Waals surface area contributed by atoms with Crippen molar-refractivity contribution in [3.8, 4) is 0 Å². The molecule has 3 amide bonds. The van der Waals surface area contributed by atoms with Crippen LogP contribution in [0, 0.1) is 0 Å². The van der Waals surface area contributed by atoms with Gasteiger partial charge in [0.1, 0.15) is 25.3 Å². The van der Waals surface area contributed by atoms with E-state index in [1.807, 2.05) is 6.07 Å². The van der Waals surface area contributed by atoms with Crippen LogP contribution in [0.4, 0.5) is 15.5 Å². The highest BCUT2D eigenvalue weighted by Gasteiger charge is 2.37. The minimum atomic E-state index is -1.23. The smallest absolute Gasteiger partial charge is 0.414 e. The molecule has 0 bridgehead atoms. The normalized spacial score (nSPS) is 16.5. The van der Waals surface area contributed by atoms with Crippen LogP contribution in [0.2, 0.25) is 0 Å². The standard InChI is InChI=1S/C27H33N7O8/c1-27(2,3)42-26(40)29-17-10-7-11-18(17)34(13-20(36)37)19(35)12-33-15-28-21-22(33)30-24(31-23(21)38)32-25(39)41-14-16-8-5-4-6-9-16/h4-6,8-9,15,17-18H,7,10-14H2,1-3H3,(H,29,40)(H,36,37)(H2,30,31,32,38,39)/t17-,18+/m0/s1. The SMILES string of the molecule is CC(C)(C)OC(=O)N[C@H]1CCC[C@H]1N(CC(=O)O)C(=O)Cn1cnc2c(=O)[nH]c(NC(=O)OCc3ccccc3)nc21. The third kappa shape index (κ3) is 7.83. The third-order valence-corrected chi connectivity index (χ3v) is 6.42. The maximum Gasteiger partial charge on any atom is 0.414 e. The highest BCUT2D eigenvalue weighted by Crippen LogP contribution is 2.25. The summed E-state index contributed by atoms with van der Waals surface area (Å²) < 4.78 is 11.8. The summed E-state index contributed by atoms with van der Waals surface area (Å²) in [4.78, 5) is 74.3. The van der Waals surface area contributed by atoms with E-state index in [1.54, 1.807) is 45.0 Å². The van der Waals surface area contributed by atoms with E-state index in [9.17, 15) is 29.1 Å². The zero-order chi connectivity index (χ0) is 30.4. The number of carbonyl (C=O) groups is 4. The Morgan fingerprint density at radius 3 is 2.57 bits per heavy atom. The number of hydrogen-bond donors (Lipinski definition) is 4. The Kier molecular flexibility index (Phi) is 9.08. The number of carboxylic acids is 1. The lowest BCUT2D eigenvalue weighted by Crippen LogP contribution is -2.53. The Morgan fingerprint density at radius 2 is 1.88 bits per heavy atom. The number of alkyl carbamates (subject to hydrolysis) is 1. The average molecular weight is 584 g/mol. The molecule has 15 nitrogen and oxygen atoms in total. The van der Waals surface area contributed by atoms with Gasteiger partial charge in [-0.05, 0) is 45.6 Å². The molecule has 0 saturated heterocycles. The average Bonchev–Trinajstić information content (AvgIpc) is 3.52. The molecule has 0 aliphatic heterocycles. The fraction of sp³-hybridized carbons (Fsp3) is 0.444. The first-order valence-corrected chi connectivity index (χ1v) is 13.3.